The van der Waals surface area contributed by atoms with E-state index in [1.165, 1.54) is 0 Å². The summed E-state index contributed by atoms with van der Waals surface area (Å²) in [5, 5.41) is 12.4. The number of rotatable bonds is 1. The number of aliphatic hydroxyl groups is 1. The molecular formula is C9H18N2O2. The molecule has 4 heteroatoms. The lowest BCUT2D eigenvalue weighted by Crippen LogP contribution is -2.66. The second kappa shape index (κ2) is 3.27. The zero-order valence-corrected chi connectivity index (χ0v) is 8.66. The predicted molar refractivity (Wildman–Crippen MR) is 50.1 cm³/mol. The van der Waals surface area contributed by atoms with Crippen LogP contribution in [0.15, 0.2) is 0 Å². The van der Waals surface area contributed by atoms with Gasteiger partial charge < -0.3 is 10.4 Å². The van der Waals surface area contributed by atoms with E-state index in [0.29, 0.717) is 6.54 Å². The van der Waals surface area contributed by atoms with Gasteiger partial charge in [-0.1, -0.05) is 0 Å². The van der Waals surface area contributed by atoms with Crippen LogP contribution >= 0.6 is 0 Å². The molecule has 0 radical (unpaired) electrons. The number of carbonyl (C=O) groups is 1. The highest BCUT2D eigenvalue weighted by atomic mass is 16.3. The summed E-state index contributed by atoms with van der Waals surface area (Å²) in [7, 11) is 0. The van der Waals surface area contributed by atoms with Crippen LogP contribution in [0.5, 0.6) is 0 Å². The van der Waals surface area contributed by atoms with Gasteiger partial charge in [0.2, 0.25) is 5.91 Å². The Morgan fingerprint density at radius 2 is 2.23 bits per heavy atom. The molecular weight excluding hydrogens is 168 g/mol. The van der Waals surface area contributed by atoms with Crippen molar-refractivity contribution in [2.75, 3.05) is 6.54 Å². The Morgan fingerprint density at radius 3 is 2.69 bits per heavy atom. The van der Waals surface area contributed by atoms with Crippen LogP contribution < -0.4 is 5.32 Å². The second-order valence-electron chi connectivity index (χ2n) is 4.22. The molecule has 1 aliphatic rings. The first-order valence-electron chi connectivity index (χ1n) is 4.61. The van der Waals surface area contributed by atoms with E-state index in [1.807, 2.05) is 20.8 Å². The molecule has 13 heavy (non-hydrogen) atoms. The first-order valence-corrected chi connectivity index (χ1v) is 4.61. The number of amides is 1. The van der Waals surface area contributed by atoms with Gasteiger partial charge in [-0.3, -0.25) is 9.69 Å². The minimum Gasteiger partial charge on any atom is -0.379 e. The van der Waals surface area contributed by atoms with Gasteiger partial charge in [0.05, 0.1) is 5.54 Å². The Morgan fingerprint density at radius 1 is 1.69 bits per heavy atom. The van der Waals surface area contributed by atoms with Gasteiger partial charge in [-0.2, -0.15) is 0 Å². The van der Waals surface area contributed by atoms with E-state index >= 15 is 0 Å². The van der Waals surface area contributed by atoms with Crippen molar-refractivity contribution >= 4 is 5.91 Å². The fourth-order valence-corrected chi connectivity index (χ4v) is 1.72. The number of piperazine rings is 1. The van der Waals surface area contributed by atoms with E-state index in [4.69, 9.17) is 0 Å². The van der Waals surface area contributed by atoms with Crippen LogP contribution in [0.3, 0.4) is 0 Å². The second-order valence-corrected chi connectivity index (χ2v) is 4.22. The van der Waals surface area contributed by atoms with Crippen molar-refractivity contribution in [2.45, 2.75) is 45.5 Å². The molecule has 1 amide bonds. The molecule has 76 valence electrons. The summed E-state index contributed by atoms with van der Waals surface area (Å²) in [5.74, 6) is -0.0212. The summed E-state index contributed by atoms with van der Waals surface area (Å²) in [5.41, 5.74) is -0.610. The quantitative estimate of drug-likeness (QED) is 0.602. The van der Waals surface area contributed by atoms with Gasteiger partial charge in [0.25, 0.3) is 0 Å². The number of nitrogens with zero attached hydrogens (tertiary/aromatic N) is 1. The number of hydrogen-bond acceptors (Lipinski definition) is 3. The van der Waals surface area contributed by atoms with E-state index in [0.717, 1.165) is 0 Å². The van der Waals surface area contributed by atoms with Crippen LogP contribution in [-0.2, 0) is 4.79 Å². The fraction of sp³-hybridized carbons (Fsp3) is 0.889. The van der Waals surface area contributed by atoms with Crippen molar-refractivity contribution in [2.24, 2.45) is 0 Å². The van der Waals surface area contributed by atoms with E-state index in [-0.39, 0.29) is 11.9 Å². The molecule has 1 aliphatic heterocycles. The summed E-state index contributed by atoms with van der Waals surface area (Å²) >= 11 is 0. The van der Waals surface area contributed by atoms with E-state index in [9.17, 15) is 9.90 Å². The summed E-state index contributed by atoms with van der Waals surface area (Å²) < 4.78 is 0. The molecule has 1 fully saturated rings. The van der Waals surface area contributed by atoms with Gasteiger partial charge in [-0.05, 0) is 27.7 Å². The molecule has 1 rings (SSSR count). The molecule has 0 spiro atoms. The molecule has 0 aromatic carbocycles. The SMILES string of the molecule is CC1CN(C(C)O)C(C)(C)C(=O)N1. The standard InChI is InChI=1S/C9H18N2O2/c1-6-5-11(7(2)12)9(3,4)8(13)10-6/h6-7,12H,5H2,1-4H3,(H,10,13). The van der Waals surface area contributed by atoms with Gasteiger partial charge in [0.15, 0.2) is 0 Å². The topological polar surface area (TPSA) is 52.6 Å². The lowest BCUT2D eigenvalue weighted by Gasteiger charge is -2.45. The van der Waals surface area contributed by atoms with Crippen molar-refractivity contribution in [1.82, 2.24) is 10.2 Å². The third-order valence-corrected chi connectivity index (χ3v) is 2.57. The minimum absolute atomic E-state index is 0.0212. The molecule has 0 aliphatic carbocycles. The molecule has 2 N–H and O–H groups in total. The molecule has 2 atom stereocenters. The molecule has 0 bridgehead atoms. The maximum Gasteiger partial charge on any atom is 0.240 e. The molecule has 0 aromatic heterocycles. The van der Waals surface area contributed by atoms with Crippen LogP contribution in [-0.4, -0.2) is 40.3 Å². The normalized spacial score (nSPS) is 31.2. The zero-order valence-electron chi connectivity index (χ0n) is 8.66. The maximum atomic E-state index is 11.6. The Bertz CT molecular complexity index is 214. The molecule has 0 saturated carbocycles. The number of carbonyl (C=O) groups excluding carboxylic acids is 1. The summed E-state index contributed by atoms with van der Waals surface area (Å²) in [6.45, 7) is 7.95. The average Bonchev–Trinajstić information content (AvgIpc) is 1.96. The van der Waals surface area contributed by atoms with Gasteiger partial charge in [-0.15, -0.1) is 0 Å². The highest BCUT2D eigenvalue weighted by Gasteiger charge is 2.41. The van der Waals surface area contributed by atoms with E-state index in [2.05, 4.69) is 5.32 Å². The van der Waals surface area contributed by atoms with Crippen molar-refractivity contribution < 1.29 is 9.90 Å². The molecule has 2 unspecified atom stereocenters. The van der Waals surface area contributed by atoms with Gasteiger partial charge in [-0.25, -0.2) is 0 Å². The highest BCUT2D eigenvalue weighted by molar-refractivity contribution is 5.86. The zero-order chi connectivity index (χ0) is 10.2. The van der Waals surface area contributed by atoms with E-state index in [1.54, 1.807) is 11.8 Å². The van der Waals surface area contributed by atoms with Crippen molar-refractivity contribution in [3.63, 3.8) is 0 Å². The van der Waals surface area contributed by atoms with Crippen molar-refractivity contribution in [3.05, 3.63) is 0 Å². The summed E-state index contributed by atoms with van der Waals surface area (Å²) in [4.78, 5) is 13.4. The number of hydrogen-bond donors (Lipinski definition) is 2. The lowest BCUT2D eigenvalue weighted by atomic mass is 9.96. The predicted octanol–water partition coefficient (Wildman–Crippen LogP) is -0.0764. The van der Waals surface area contributed by atoms with Crippen LogP contribution in [0.1, 0.15) is 27.7 Å². The first kappa shape index (κ1) is 10.5. The van der Waals surface area contributed by atoms with Gasteiger partial charge in [0, 0.05) is 12.6 Å². The Balaban J connectivity index is 2.85. The number of nitrogens with one attached hydrogen (secondary N) is 1. The third kappa shape index (κ3) is 1.84. The largest absolute Gasteiger partial charge is 0.379 e. The first-order chi connectivity index (χ1) is 5.85. The Hall–Kier alpha value is -0.610. The Labute approximate surface area is 78.9 Å². The summed E-state index contributed by atoms with van der Waals surface area (Å²) in [6.07, 6.45) is -0.580. The molecule has 0 aromatic rings. The van der Waals surface area contributed by atoms with Crippen LogP contribution in [0.25, 0.3) is 0 Å². The smallest absolute Gasteiger partial charge is 0.240 e. The summed E-state index contributed by atoms with van der Waals surface area (Å²) in [6, 6.07) is 0.107. The molecule has 1 heterocycles. The van der Waals surface area contributed by atoms with Crippen molar-refractivity contribution in [3.8, 4) is 0 Å². The third-order valence-electron chi connectivity index (χ3n) is 2.57. The minimum atomic E-state index is -0.610. The molecule has 1 saturated heterocycles. The molecule has 4 nitrogen and oxygen atoms in total. The monoisotopic (exact) mass is 186 g/mol. The average molecular weight is 186 g/mol. The van der Waals surface area contributed by atoms with Crippen LogP contribution in [0.4, 0.5) is 0 Å². The van der Waals surface area contributed by atoms with Crippen molar-refractivity contribution in [1.29, 1.82) is 0 Å². The van der Waals surface area contributed by atoms with Gasteiger partial charge in [0.1, 0.15) is 6.23 Å². The van der Waals surface area contributed by atoms with Crippen LogP contribution in [0, 0.1) is 0 Å². The maximum absolute atomic E-state index is 11.6. The van der Waals surface area contributed by atoms with Gasteiger partial charge >= 0.3 is 0 Å². The van der Waals surface area contributed by atoms with E-state index < -0.39 is 11.8 Å². The lowest BCUT2D eigenvalue weighted by molar-refractivity contribution is -0.147. The van der Waals surface area contributed by atoms with Crippen LogP contribution in [0.2, 0.25) is 0 Å². The highest BCUT2D eigenvalue weighted by Crippen LogP contribution is 2.21. The Kier molecular flexibility index (Phi) is 2.63. The fourth-order valence-electron chi connectivity index (χ4n) is 1.72. The number of aliphatic hydroxyl groups excluding tert-OH is 1.